The second-order valence-corrected chi connectivity index (χ2v) is 7.24. The smallest absolute Gasteiger partial charge is 0.258 e. The number of anilines is 1. The highest BCUT2D eigenvalue weighted by Gasteiger charge is 2.15. The van der Waals surface area contributed by atoms with Gasteiger partial charge in [0.05, 0.1) is 29.7 Å². The number of aromatic nitrogens is 2. The summed E-state index contributed by atoms with van der Waals surface area (Å²) in [5.74, 6) is 0.196. The number of fused-ring (bicyclic) bond motifs is 1. The van der Waals surface area contributed by atoms with E-state index < -0.39 is 0 Å². The van der Waals surface area contributed by atoms with Crippen LogP contribution in [0.25, 0.3) is 10.9 Å². The highest BCUT2D eigenvalue weighted by atomic mass is 16.2. The summed E-state index contributed by atoms with van der Waals surface area (Å²) in [5.41, 5.74) is 1.42. The van der Waals surface area contributed by atoms with Crippen LogP contribution in [0.1, 0.15) is 42.9 Å². The van der Waals surface area contributed by atoms with Crippen LogP contribution in [0.3, 0.4) is 0 Å². The Morgan fingerprint density at radius 3 is 2.60 bits per heavy atom. The average Bonchev–Trinajstić information content (AvgIpc) is 2.72. The third kappa shape index (κ3) is 5.39. The molecule has 2 N–H and O–H groups in total. The molecule has 7 nitrogen and oxygen atoms in total. The number of hydrogen-bond donors (Lipinski definition) is 2. The minimum atomic E-state index is -0.220. The lowest BCUT2D eigenvalue weighted by Crippen LogP contribution is -2.35. The van der Waals surface area contributed by atoms with Gasteiger partial charge in [0.2, 0.25) is 5.91 Å². The van der Waals surface area contributed by atoms with E-state index in [0.717, 1.165) is 12.8 Å². The zero-order valence-corrected chi connectivity index (χ0v) is 17.3. The molecule has 1 aromatic heterocycles. The van der Waals surface area contributed by atoms with Gasteiger partial charge >= 0.3 is 0 Å². The van der Waals surface area contributed by atoms with Gasteiger partial charge in [-0.1, -0.05) is 37.6 Å². The normalized spacial score (nSPS) is 11.0. The number of carbonyl (C=O) groups excluding carboxylic acids is 2. The van der Waals surface area contributed by atoms with E-state index in [4.69, 9.17) is 0 Å². The summed E-state index contributed by atoms with van der Waals surface area (Å²) >= 11 is 0. The van der Waals surface area contributed by atoms with Gasteiger partial charge in [-0.25, -0.2) is 4.98 Å². The van der Waals surface area contributed by atoms with Crippen LogP contribution in [-0.4, -0.2) is 39.6 Å². The predicted molar refractivity (Wildman–Crippen MR) is 118 cm³/mol. The zero-order valence-electron chi connectivity index (χ0n) is 17.3. The second-order valence-electron chi connectivity index (χ2n) is 7.24. The van der Waals surface area contributed by atoms with Gasteiger partial charge in [-0.3, -0.25) is 19.3 Å². The second kappa shape index (κ2) is 9.93. The van der Waals surface area contributed by atoms with Gasteiger partial charge in [0.25, 0.3) is 5.56 Å². The first-order valence-corrected chi connectivity index (χ1v) is 10.1. The first kappa shape index (κ1) is 21.4. The lowest BCUT2D eigenvalue weighted by Gasteiger charge is -2.21. The molecule has 0 aliphatic carbocycles. The monoisotopic (exact) mass is 406 g/mol. The van der Waals surface area contributed by atoms with Crippen molar-refractivity contribution in [1.29, 1.82) is 0 Å². The molecule has 0 saturated carbocycles. The van der Waals surface area contributed by atoms with E-state index in [9.17, 15) is 14.4 Å². The molecule has 3 aromatic rings. The van der Waals surface area contributed by atoms with Crippen molar-refractivity contribution >= 4 is 28.3 Å². The molecule has 2 aromatic carbocycles. The van der Waals surface area contributed by atoms with Crippen molar-refractivity contribution < 1.29 is 9.59 Å². The van der Waals surface area contributed by atoms with Crippen molar-refractivity contribution in [2.75, 3.05) is 18.4 Å². The fraction of sp³-hybridized carbons (Fsp3) is 0.304. The number of nitrogens with zero attached hydrogens (tertiary/aromatic N) is 2. The maximum atomic E-state index is 12.7. The number of unbranched alkanes of at least 4 members (excludes halogenated alkanes) is 1. The van der Waals surface area contributed by atoms with Gasteiger partial charge < -0.3 is 10.3 Å². The molecule has 0 saturated heterocycles. The number of ketones is 1. The van der Waals surface area contributed by atoms with Crippen LogP contribution >= 0.6 is 0 Å². The van der Waals surface area contributed by atoms with E-state index in [0.29, 0.717) is 41.1 Å². The Morgan fingerprint density at radius 2 is 1.83 bits per heavy atom. The van der Waals surface area contributed by atoms with E-state index in [1.807, 2.05) is 11.0 Å². The van der Waals surface area contributed by atoms with Gasteiger partial charge in [-0.15, -0.1) is 0 Å². The molecular formula is C23H26N4O3. The van der Waals surface area contributed by atoms with Crippen molar-refractivity contribution in [1.82, 2.24) is 14.9 Å². The molecule has 0 bridgehead atoms. The third-order valence-electron chi connectivity index (χ3n) is 4.81. The third-order valence-corrected chi connectivity index (χ3v) is 4.81. The molecule has 1 heterocycles. The maximum Gasteiger partial charge on any atom is 0.258 e. The maximum absolute atomic E-state index is 12.7. The van der Waals surface area contributed by atoms with Crippen molar-refractivity contribution in [2.24, 2.45) is 0 Å². The predicted octanol–water partition coefficient (Wildman–Crippen LogP) is 3.37. The van der Waals surface area contributed by atoms with E-state index in [2.05, 4.69) is 22.2 Å². The molecule has 0 fully saturated rings. The molecule has 0 aliphatic heterocycles. The minimum Gasteiger partial charge on any atom is -0.324 e. The Labute approximate surface area is 175 Å². The van der Waals surface area contributed by atoms with Crippen LogP contribution < -0.4 is 10.9 Å². The number of Topliss-reactive ketones (excluding diaryl/α,β-unsaturated/α-hetero) is 1. The number of hydrogen-bond acceptors (Lipinski definition) is 5. The fourth-order valence-electron chi connectivity index (χ4n) is 3.31. The Kier molecular flexibility index (Phi) is 7.08. The molecule has 30 heavy (non-hydrogen) atoms. The van der Waals surface area contributed by atoms with Gasteiger partial charge in [-0.2, -0.15) is 0 Å². The fourth-order valence-corrected chi connectivity index (χ4v) is 3.31. The number of carbonyl (C=O) groups is 2. The van der Waals surface area contributed by atoms with Gasteiger partial charge in [0.1, 0.15) is 5.82 Å². The summed E-state index contributed by atoms with van der Waals surface area (Å²) in [6, 6.07) is 14.1. The Balaban J connectivity index is 1.75. The molecule has 7 heteroatoms. The summed E-state index contributed by atoms with van der Waals surface area (Å²) in [7, 11) is 0. The van der Waals surface area contributed by atoms with Gasteiger partial charge in [0.15, 0.2) is 5.78 Å². The van der Waals surface area contributed by atoms with Crippen molar-refractivity contribution in [2.45, 2.75) is 33.2 Å². The van der Waals surface area contributed by atoms with Crippen LogP contribution in [0.4, 0.5) is 5.69 Å². The lowest BCUT2D eigenvalue weighted by molar-refractivity contribution is -0.117. The first-order valence-electron chi connectivity index (χ1n) is 10.1. The van der Waals surface area contributed by atoms with Crippen LogP contribution in [0.5, 0.6) is 0 Å². The highest BCUT2D eigenvalue weighted by Crippen LogP contribution is 2.16. The van der Waals surface area contributed by atoms with E-state index in [1.165, 1.54) is 6.92 Å². The molecule has 0 radical (unpaired) electrons. The number of aromatic amines is 1. The molecule has 3 rings (SSSR count). The van der Waals surface area contributed by atoms with Crippen LogP contribution in [-0.2, 0) is 11.3 Å². The first-order chi connectivity index (χ1) is 14.5. The largest absolute Gasteiger partial charge is 0.324 e. The average molecular weight is 406 g/mol. The summed E-state index contributed by atoms with van der Waals surface area (Å²) in [6.07, 6.45) is 1.89. The molecule has 0 spiro atoms. The molecule has 156 valence electrons. The summed E-state index contributed by atoms with van der Waals surface area (Å²) in [4.78, 5) is 46.1. The standard InChI is InChI=1S/C23H26N4O3/c1-3-4-13-27(14-21-24-20-12-8-6-10-18(20)23(30)26-21)15-22(29)25-19-11-7-5-9-17(19)16(2)28/h5-12H,3-4,13-15H2,1-2H3,(H,25,29)(H,24,26,30). The number of benzene rings is 2. The van der Waals surface area contributed by atoms with Gasteiger partial charge in [-0.05, 0) is 44.2 Å². The molecule has 0 atom stereocenters. The Hall–Kier alpha value is -3.32. The lowest BCUT2D eigenvalue weighted by atomic mass is 10.1. The molecular weight excluding hydrogens is 380 g/mol. The topological polar surface area (TPSA) is 95.2 Å². The number of rotatable bonds is 9. The highest BCUT2D eigenvalue weighted by molar-refractivity contribution is 6.04. The van der Waals surface area contributed by atoms with E-state index in [1.54, 1.807) is 42.5 Å². The molecule has 0 aliphatic rings. The summed E-state index contributed by atoms with van der Waals surface area (Å²) < 4.78 is 0. The molecule has 0 unspecified atom stereocenters. The minimum absolute atomic E-state index is 0.105. The SMILES string of the molecule is CCCCN(CC(=O)Nc1ccccc1C(C)=O)Cc1nc2ccccc2c(=O)[nH]1. The van der Waals surface area contributed by atoms with Gasteiger partial charge in [0, 0.05) is 5.56 Å². The zero-order chi connectivity index (χ0) is 21.5. The number of amides is 1. The van der Waals surface area contributed by atoms with Crippen LogP contribution in [0.2, 0.25) is 0 Å². The van der Waals surface area contributed by atoms with Crippen molar-refractivity contribution in [3.05, 3.63) is 70.3 Å². The Morgan fingerprint density at radius 1 is 1.10 bits per heavy atom. The van der Waals surface area contributed by atoms with E-state index in [-0.39, 0.29) is 23.8 Å². The quantitative estimate of drug-likeness (QED) is 0.531. The Bertz CT molecular complexity index is 1110. The number of nitrogens with one attached hydrogen (secondary N) is 2. The van der Waals surface area contributed by atoms with Crippen LogP contribution in [0.15, 0.2) is 53.3 Å². The summed E-state index contributed by atoms with van der Waals surface area (Å²) in [6.45, 7) is 4.72. The number of para-hydroxylation sites is 2. The number of H-pyrrole nitrogens is 1. The van der Waals surface area contributed by atoms with Crippen LogP contribution in [0, 0.1) is 0 Å². The van der Waals surface area contributed by atoms with Crippen molar-refractivity contribution in [3.63, 3.8) is 0 Å². The summed E-state index contributed by atoms with van der Waals surface area (Å²) in [5, 5.41) is 3.37. The van der Waals surface area contributed by atoms with E-state index >= 15 is 0 Å². The van der Waals surface area contributed by atoms with Crippen molar-refractivity contribution in [3.8, 4) is 0 Å². The molecule has 1 amide bonds.